The molecule has 0 radical (unpaired) electrons. The van der Waals surface area contributed by atoms with Crippen LogP contribution >= 0.6 is 0 Å². The topological polar surface area (TPSA) is 95.1 Å². The molecule has 1 rings (SSSR count). The Balaban J connectivity index is 3.01. The van der Waals surface area contributed by atoms with Gasteiger partial charge < -0.3 is 10.2 Å². The quantitative estimate of drug-likeness (QED) is 0.590. The third-order valence-corrected chi connectivity index (χ3v) is 2.24. The van der Waals surface area contributed by atoms with Gasteiger partial charge in [-0.25, -0.2) is 4.98 Å². The van der Waals surface area contributed by atoms with E-state index < -0.39 is 4.92 Å². The molecule has 0 saturated heterocycles. The molecular formula is C10H13N5O2. The second kappa shape index (κ2) is 5.77. The molecule has 7 heteroatoms. The van der Waals surface area contributed by atoms with Crippen molar-refractivity contribution in [1.29, 1.82) is 5.26 Å². The fourth-order valence-corrected chi connectivity index (χ4v) is 1.32. The first-order chi connectivity index (χ1) is 8.10. The summed E-state index contributed by atoms with van der Waals surface area (Å²) in [5.74, 6) is 0.452. The average Bonchev–Trinajstić information content (AvgIpc) is 2.34. The van der Waals surface area contributed by atoms with Gasteiger partial charge in [-0.2, -0.15) is 5.26 Å². The van der Waals surface area contributed by atoms with Gasteiger partial charge in [0.25, 0.3) is 5.69 Å². The van der Waals surface area contributed by atoms with E-state index in [1.807, 2.05) is 13.1 Å². The van der Waals surface area contributed by atoms with Crippen molar-refractivity contribution in [1.82, 2.24) is 10.3 Å². The molecule has 1 N–H and O–H groups in total. The highest BCUT2D eigenvalue weighted by molar-refractivity contribution is 5.56. The summed E-state index contributed by atoms with van der Waals surface area (Å²) in [7, 11) is 3.61. The Labute approximate surface area is 98.8 Å². The Morgan fingerprint density at radius 2 is 2.41 bits per heavy atom. The van der Waals surface area contributed by atoms with E-state index in [2.05, 4.69) is 10.3 Å². The van der Waals surface area contributed by atoms with Crippen molar-refractivity contribution in [3.05, 3.63) is 27.9 Å². The summed E-state index contributed by atoms with van der Waals surface area (Å²) < 4.78 is 0. The number of nitriles is 1. The van der Waals surface area contributed by atoms with Gasteiger partial charge in [-0.05, 0) is 7.05 Å². The van der Waals surface area contributed by atoms with E-state index in [1.165, 1.54) is 6.07 Å². The van der Waals surface area contributed by atoms with Crippen molar-refractivity contribution in [2.75, 3.05) is 32.1 Å². The molecular weight excluding hydrogens is 222 g/mol. The molecule has 17 heavy (non-hydrogen) atoms. The van der Waals surface area contributed by atoms with Gasteiger partial charge in [-0.3, -0.25) is 10.1 Å². The number of anilines is 1. The molecule has 0 aromatic carbocycles. The van der Waals surface area contributed by atoms with Crippen LogP contribution in [0.1, 0.15) is 5.56 Å². The molecule has 0 unspecified atom stereocenters. The smallest absolute Gasteiger partial charge is 0.289 e. The van der Waals surface area contributed by atoms with Gasteiger partial charge in [0, 0.05) is 26.2 Å². The van der Waals surface area contributed by atoms with Crippen LogP contribution in [0, 0.1) is 21.4 Å². The summed E-state index contributed by atoms with van der Waals surface area (Å²) in [4.78, 5) is 15.7. The summed E-state index contributed by atoms with van der Waals surface area (Å²) in [6, 6.07) is 3.15. The van der Waals surface area contributed by atoms with E-state index >= 15 is 0 Å². The molecule has 0 bridgehead atoms. The third-order valence-electron chi connectivity index (χ3n) is 2.24. The van der Waals surface area contributed by atoms with Gasteiger partial charge in [0.2, 0.25) is 0 Å². The zero-order valence-corrected chi connectivity index (χ0v) is 9.67. The molecule has 0 fully saturated rings. The summed E-state index contributed by atoms with van der Waals surface area (Å²) >= 11 is 0. The van der Waals surface area contributed by atoms with Crippen LogP contribution in [0.2, 0.25) is 0 Å². The number of nitro groups is 1. The van der Waals surface area contributed by atoms with E-state index in [-0.39, 0.29) is 11.3 Å². The highest BCUT2D eigenvalue weighted by atomic mass is 16.6. The highest BCUT2D eigenvalue weighted by Crippen LogP contribution is 2.20. The maximum atomic E-state index is 10.6. The van der Waals surface area contributed by atoms with Crippen LogP contribution in [0.5, 0.6) is 0 Å². The van der Waals surface area contributed by atoms with Gasteiger partial charge in [0.15, 0.2) is 0 Å². The highest BCUT2D eigenvalue weighted by Gasteiger charge is 2.14. The van der Waals surface area contributed by atoms with Crippen molar-refractivity contribution in [3.63, 3.8) is 0 Å². The molecule has 7 nitrogen and oxygen atoms in total. The van der Waals surface area contributed by atoms with Crippen molar-refractivity contribution in [2.45, 2.75) is 0 Å². The second-order valence-corrected chi connectivity index (χ2v) is 3.46. The first-order valence-electron chi connectivity index (χ1n) is 5.00. The third kappa shape index (κ3) is 3.12. The second-order valence-electron chi connectivity index (χ2n) is 3.46. The van der Waals surface area contributed by atoms with E-state index in [1.54, 1.807) is 11.9 Å². The largest absolute Gasteiger partial charge is 0.357 e. The minimum absolute atomic E-state index is 0.174. The molecule has 90 valence electrons. The molecule has 0 aliphatic heterocycles. The van der Waals surface area contributed by atoms with Gasteiger partial charge in [0.1, 0.15) is 23.6 Å². The molecule has 0 aliphatic carbocycles. The van der Waals surface area contributed by atoms with Crippen molar-refractivity contribution >= 4 is 11.5 Å². The van der Waals surface area contributed by atoms with Crippen LogP contribution in [0.25, 0.3) is 0 Å². The maximum Gasteiger partial charge on any atom is 0.289 e. The summed E-state index contributed by atoms with van der Waals surface area (Å²) in [6.07, 6.45) is 1.16. The molecule has 0 aliphatic rings. The SMILES string of the molecule is CNCCN(C)c1ncc([N+](=O)[O-])cc1C#N. The minimum atomic E-state index is -0.564. The lowest BCUT2D eigenvalue weighted by molar-refractivity contribution is -0.385. The van der Waals surface area contributed by atoms with Crippen molar-refractivity contribution in [3.8, 4) is 6.07 Å². The van der Waals surface area contributed by atoms with E-state index in [9.17, 15) is 10.1 Å². The van der Waals surface area contributed by atoms with E-state index in [0.717, 1.165) is 12.7 Å². The number of aromatic nitrogens is 1. The lowest BCUT2D eigenvalue weighted by Gasteiger charge is -2.18. The molecule has 0 saturated carbocycles. The summed E-state index contributed by atoms with van der Waals surface area (Å²) in [6.45, 7) is 1.40. The Morgan fingerprint density at radius 3 is 2.94 bits per heavy atom. The Hall–Kier alpha value is -2.20. The van der Waals surface area contributed by atoms with Crippen molar-refractivity contribution in [2.24, 2.45) is 0 Å². The molecule has 0 amide bonds. The first-order valence-corrected chi connectivity index (χ1v) is 5.00. The van der Waals surface area contributed by atoms with Crippen LogP contribution in [0.4, 0.5) is 11.5 Å². The summed E-state index contributed by atoms with van der Waals surface area (Å²) in [5, 5.41) is 22.5. The number of hydrogen-bond acceptors (Lipinski definition) is 6. The predicted octanol–water partition coefficient (Wildman–Crippen LogP) is 0.517. The van der Waals surface area contributed by atoms with Crippen LogP contribution in [-0.2, 0) is 0 Å². The zero-order chi connectivity index (χ0) is 12.8. The normalized spacial score (nSPS) is 9.71. The van der Waals surface area contributed by atoms with Crippen LogP contribution < -0.4 is 10.2 Å². The number of likely N-dealkylation sites (N-methyl/N-ethyl adjacent to an activating group) is 2. The van der Waals surface area contributed by atoms with Crippen LogP contribution in [0.15, 0.2) is 12.3 Å². The minimum Gasteiger partial charge on any atom is -0.357 e. The van der Waals surface area contributed by atoms with Crippen molar-refractivity contribution < 1.29 is 4.92 Å². The Kier molecular flexibility index (Phi) is 4.37. The van der Waals surface area contributed by atoms with Crippen LogP contribution in [-0.4, -0.2) is 37.1 Å². The van der Waals surface area contributed by atoms with E-state index in [0.29, 0.717) is 12.4 Å². The fourth-order valence-electron chi connectivity index (χ4n) is 1.32. The number of nitrogens with one attached hydrogen (secondary N) is 1. The van der Waals surface area contributed by atoms with Gasteiger partial charge in [-0.1, -0.05) is 0 Å². The number of nitrogens with zero attached hydrogens (tertiary/aromatic N) is 4. The monoisotopic (exact) mass is 235 g/mol. The predicted molar refractivity (Wildman–Crippen MR) is 62.8 cm³/mol. The number of hydrogen-bond donors (Lipinski definition) is 1. The van der Waals surface area contributed by atoms with Gasteiger partial charge in [-0.15, -0.1) is 0 Å². The molecule has 1 aromatic heterocycles. The Morgan fingerprint density at radius 1 is 1.71 bits per heavy atom. The number of pyridine rings is 1. The fraction of sp³-hybridized carbons (Fsp3) is 0.400. The Bertz CT molecular complexity index is 454. The molecule has 0 atom stereocenters. The van der Waals surface area contributed by atoms with Crippen LogP contribution in [0.3, 0.4) is 0 Å². The number of rotatable bonds is 5. The maximum absolute atomic E-state index is 10.6. The standard InChI is InChI=1S/C10H13N5O2/c1-12-3-4-14(2)10-8(6-11)5-9(7-13-10)15(16)17/h5,7,12H,3-4H2,1-2H3. The zero-order valence-electron chi connectivity index (χ0n) is 9.67. The molecule has 1 aromatic rings. The lowest BCUT2D eigenvalue weighted by atomic mass is 10.2. The van der Waals surface area contributed by atoms with E-state index in [4.69, 9.17) is 5.26 Å². The lowest BCUT2D eigenvalue weighted by Crippen LogP contribution is -2.28. The van der Waals surface area contributed by atoms with Gasteiger partial charge >= 0.3 is 0 Å². The average molecular weight is 235 g/mol. The molecule has 1 heterocycles. The molecule has 0 spiro atoms. The summed E-state index contributed by atoms with van der Waals surface area (Å²) in [5.41, 5.74) is 0.0325. The first kappa shape index (κ1) is 12.9. The van der Waals surface area contributed by atoms with Gasteiger partial charge in [0.05, 0.1) is 4.92 Å².